The second kappa shape index (κ2) is 5.26. The molecule has 1 saturated heterocycles. The van der Waals surface area contributed by atoms with Crippen molar-refractivity contribution in [2.24, 2.45) is 0 Å². The van der Waals surface area contributed by atoms with Crippen molar-refractivity contribution in [3.05, 3.63) is 0 Å². The summed E-state index contributed by atoms with van der Waals surface area (Å²) in [6.45, 7) is -1.24. The van der Waals surface area contributed by atoms with Crippen LogP contribution >= 0.6 is 0 Å². The predicted molar refractivity (Wildman–Crippen MR) is 60.3 cm³/mol. The second-order valence-electron chi connectivity index (χ2n) is 4.96. The summed E-state index contributed by atoms with van der Waals surface area (Å²) in [5.41, 5.74) is 0. The minimum Gasteiger partial charge on any atom is -0.335 e. The largest absolute Gasteiger partial charge is 0.406 e. The van der Waals surface area contributed by atoms with Crippen LogP contribution in [0.3, 0.4) is 0 Å². The lowest BCUT2D eigenvalue weighted by atomic mass is 9.93. The Bertz CT molecular complexity index is 369. The third kappa shape index (κ3) is 3.74. The standard InChI is InChI=1S/C11H16F3N3O2/c12-11(13,14)6-17-5-4-8(9(17)18)16-10(19)15-7-2-1-3-7/h7-8H,1-6H2,(H2,15,16,19). The predicted octanol–water partition coefficient (Wildman–Crippen LogP) is 1.00. The van der Waals surface area contributed by atoms with E-state index in [0.29, 0.717) is 0 Å². The molecule has 8 heteroatoms. The lowest BCUT2D eigenvalue weighted by molar-refractivity contribution is -0.157. The van der Waals surface area contributed by atoms with Crippen LogP contribution in [-0.2, 0) is 4.79 Å². The summed E-state index contributed by atoms with van der Waals surface area (Å²) in [5, 5.41) is 5.12. The minimum atomic E-state index is -4.40. The van der Waals surface area contributed by atoms with Crippen LogP contribution in [0.4, 0.5) is 18.0 Å². The first-order valence-electron chi connectivity index (χ1n) is 6.28. The van der Waals surface area contributed by atoms with Crippen molar-refractivity contribution in [2.75, 3.05) is 13.1 Å². The van der Waals surface area contributed by atoms with E-state index in [9.17, 15) is 22.8 Å². The molecule has 1 aliphatic heterocycles. The van der Waals surface area contributed by atoms with E-state index in [1.165, 1.54) is 0 Å². The Morgan fingerprint density at radius 2 is 1.95 bits per heavy atom. The van der Waals surface area contributed by atoms with Crippen LogP contribution in [0, 0.1) is 0 Å². The number of rotatable bonds is 3. The van der Waals surface area contributed by atoms with Crippen molar-refractivity contribution < 1.29 is 22.8 Å². The van der Waals surface area contributed by atoms with Crippen LogP contribution in [0.25, 0.3) is 0 Å². The number of nitrogens with zero attached hydrogens (tertiary/aromatic N) is 1. The summed E-state index contributed by atoms with van der Waals surface area (Å²) in [4.78, 5) is 23.9. The highest BCUT2D eigenvalue weighted by Gasteiger charge is 2.39. The Morgan fingerprint density at radius 3 is 2.47 bits per heavy atom. The summed E-state index contributed by atoms with van der Waals surface area (Å²) in [6, 6.07) is -1.19. The van der Waals surface area contributed by atoms with Gasteiger partial charge in [0.15, 0.2) is 0 Å². The van der Waals surface area contributed by atoms with E-state index < -0.39 is 30.7 Å². The molecular formula is C11H16F3N3O2. The number of carbonyl (C=O) groups excluding carboxylic acids is 2. The van der Waals surface area contributed by atoms with Gasteiger partial charge in [0.1, 0.15) is 12.6 Å². The molecule has 1 aliphatic carbocycles. The van der Waals surface area contributed by atoms with Crippen LogP contribution in [-0.4, -0.2) is 48.2 Å². The lowest BCUT2D eigenvalue weighted by Crippen LogP contribution is -2.50. The third-order valence-corrected chi connectivity index (χ3v) is 3.41. The third-order valence-electron chi connectivity index (χ3n) is 3.41. The first-order valence-corrected chi connectivity index (χ1v) is 6.28. The van der Waals surface area contributed by atoms with Gasteiger partial charge in [-0.25, -0.2) is 4.79 Å². The molecule has 2 N–H and O–H groups in total. The maximum Gasteiger partial charge on any atom is 0.406 e. The molecule has 1 heterocycles. The van der Waals surface area contributed by atoms with Crippen LogP contribution < -0.4 is 10.6 Å². The van der Waals surface area contributed by atoms with Crippen LogP contribution in [0.1, 0.15) is 25.7 Å². The molecule has 108 valence electrons. The molecule has 0 spiro atoms. The maximum absolute atomic E-state index is 12.2. The quantitative estimate of drug-likeness (QED) is 0.809. The van der Waals surface area contributed by atoms with Crippen molar-refractivity contribution in [1.29, 1.82) is 0 Å². The normalized spacial score (nSPS) is 24.3. The number of hydrogen-bond donors (Lipinski definition) is 2. The van der Waals surface area contributed by atoms with Gasteiger partial charge in [0.2, 0.25) is 5.91 Å². The van der Waals surface area contributed by atoms with Crippen molar-refractivity contribution in [1.82, 2.24) is 15.5 Å². The molecule has 19 heavy (non-hydrogen) atoms. The smallest absolute Gasteiger partial charge is 0.335 e. The first kappa shape index (κ1) is 14.0. The zero-order valence-electron chi connectivity index (χ0n) is 10.3. The summed E-state index contributed by atoms with van der Waals surface area (Å²) in [5.74, 6) is -0.666. The van der Waals surface area contributed by atoms with Gasteiger partial charge in [-0.3, -0.25) is 4.79 Å². The van der Waals surface area contributed by atoms with Crippen LogP contribution in [0.15, 0.2) is 0 Å². The van der Waals surface area contributed by atoms with Gasteiger partial charge >= 0.3 is 12.2 Å². The highest BCUT2D eigenvalue weighted by Crippen LogP contribution is 2.21. The highest BCUT2D eigenvalue weighted by atomic mass is 19.4. The Hall–Kier alpha value is -1.47. The van der Waals surface area contributed by atoms with E-state index in [0.717, 1.165) is 24.2 Å². The van der Waals surface area contributed by atoms with Crippen LogP contribution in [0.2, 0.25) is 0 Å². The summed E-state index contributed by atoms with van der Waals surface area (Å²) in [7, 11) is 0. The molecule has 0 aromatic rings. The molecule has 1 saturated carbocycles. The van der Waals surface area contributed by atoms with Crippen molar-refractivity contribution in [3.8, 4) is 0 Å². The summed E-state index contributed by atoms with van der Waals surface area (Å²) < 4.78 is 36.6. The number of hydrogen-bond acceptors (Lipinski definition) is 2. The fourth-order valence-electron chi connectivity index (χ4n) is 2.18. The fourth-order valence-corrected chi connectivity index (χ4v) is 2.18. The number of amides is 3. The van der Waals surface area contributed by atoms with E-state index in [1.807, 2.05) is 0 Å². The van der Waals surface area contributed by atoms with Gasteiger partial charge in [0, 0.05) is 12.6 Å². The zero-order chi connectivity index (χ0) is 14.0. The van der Waals surface area contributed by atoms with E-state index in [-0.39, 0.29) is 19.0 Å². The van der Waals surface area contributed by atoms with Gasteiger partial charge in [0.05, 0.1) is 0 Å². The second-order valence-corrected chi connectivity index (χ2v) is 4.96. The summed E-state index contributed by atoms with van der Waals surface area (Å²) >= 11 is 0. The molecule has 3 amide bonds. The number of halogens is 3. The molecule has 0 aromatic heterocycles. The van der Waals surface area contributed by atoms with Crippen LogP contribution in [0.5, 0.6) is 0 Å². The molecule has 0 aromatic carbocycles. The number of likely N-dealkylation sites (tertiary alicyclic amines) is 1. The molecule has 5 nitrogen and oxygen atoms in total. The average molecular weight is 279 g/mol. The Kier molecular flexibility index (Phi) is 3.86. The molecular weight excluding hydrogens is 263 g/mol. The Morgan fingerprint density at radius 1 is 1.26 bits per heavy atom. The summed E-state index contributed by atoms with van der Waals surface area (Å²) in [6.07, 6.45) is -1.31. The fraction of sp³-hybridized carbons (Fsp3) is 0.818. The maximum atomic E-state index is 12.2. The van der Waals surface area contributed by atoms with Crippen molar-refractivity contribution >= 4 is 11.9 Å². The van der Waals surface area contributed by atoms with E-state index >= 15 is 0 Å². The van der Waals surface area contributed by atoms with E-state index in [1.54, 1.807) is 0 Å². The van der Waals surface area contributed by atoms with E-state index in [4.69, 9.17) is 0 Å². The number of urea groups is 1. The first-order chi connectivity index (χ1) is 8.85. The lowest BCUT2D eigenvalue weighted by Gasteiger charge is -2.27. The monoisotopic (exact) mass is 279 g/mol. The number of nitrogens with one attached hydrogen (secondary N) is 2. The molecule has 0 bridgehead atoms. The average Bonchev–Trinajstić information content (AvgIpc) is 2.54. The number of carbonyl (C=O) groups is 2. The van der Waals surface area contributed by atoms with Crippen molar-refractivity contribution in [2.45, 2.75) is 43.9 Å². The molecule has 2 aliphatic rings. The van der Waals surface area contributed by atoms with Gasteiger partial charge < -0.3 is 15.5 Å². The molecule has 2 fully saturated rings. The molecule has 2 rings (SSSR count). The van der Waals surface area contributed by atoms with Gasteiger partial charge in [0.25, 0.3) is 0 Å². The highest BCUT2D eigenvalue weighted by molar-refractivity contribution is 5.88. The number of alkyl halides is 3. The zero-order valence-corrected chi connectivity index (χ0v) is 10.3. The van der Waals surface area contributed by atoms with Crippen molar-refractivity contribution in [3.63, 3.8) is 0 Å². The van der Waals surface area contributed by atoms with E-state index in [2.05, 4.69) is 10.6 Å². The van der Waals surface area contributed by atoms with Gasteiger partial charge in [-0.1, -0.05) is 0 Å². The Balaban J connectivity index is 1.78. The SMILES string of the molecule is O=C(NC1CCC1)NC1CCN(CC(F)(F)F)C1=O. The van der Waals surface area contributed by atoms with Gasteiger partial charge in [-0.05, 0) is 25.7 Å². The molecule has 1 atom stereocenters. The molecule has 0 radical (unpaired) electrons. The van der Waals surface area contributed by atoms with Gasteiger partial charge in [-0.2, -0.15) is 13.2 Å². The topological polar surface area (TPSA) is 61.4 Å². The minimum absolute atomic E-state index is 0.0206. The van der Waals surface area contributed by atoms with Gasteiger partial charge in [-0.15, -0.1) is 0 Å². The molecule has 1 unspecified atom stereocenters. The Labute approximate surface area is 108 Å².